The van der Waals surface area contributed by atoms with Crippen molar-refractivity contribution in [3.05, 3.63) is 34.9 Å². The van der Waals surface area contributed by atoms with Crippen molar-refractivity contribution < 1.29 is 8.78 Å². The fourth-order valence-electron chi connectivity index (χ4n) is 2.35. The molecule has 1 saturated carbocycles. The number of hydrogen-bond acceptors (Lipinski definition) is 1. The molecule has 88 valence electrons. The van der Waals surface area contributed by atoms with Gasteiger partial charge in [0.1, 0.15) is 11.6 Å². The molecule has 0 bridgehead atoms. The lowest BCUT2D eigenvalue weighted by molar-refractivity contribution is 0.231. The van der Waals surface area contributed by atoms with Gasteiger partial charge in [-0.05, 0) is 44.4 Å². The van der Waals surface area contributed by atoms with Gasteiger partial charge in [-0.15, -0.1) is 0 Å². The van der Waals surface area contributed by atoms with Crippen molar-refractivity contribution in [2.45, 2.75) is 32.2 Å². The average molecular weight is 225 g/mol. The van der Waals surface area contributed by atoms with E-state index in [1.807, 2.05) is 0 Å². The molecule has 3 heteroatoms. The number of rotatable bonds is 3. The fraction of sp³-hybridized carbons (Fsp3) is 0.538. The topological polar surface area (TPSA) is 12.0 Å². The molecule has 1 fully saturated rings. The Balaban J connectivity index is 2.39. The molecular weight excluding hydrogens is 208 g/mol. The first-order valence-electron chi connectivity index (χ1n) is 5.77. The number of aryl methyl sites for hydroxylation is 1. The summed E-state index contributed by atoms with van der Waals surface area (Å²) in [4.78, 5) is 0. The van der Waals surface area contributed by atoms with Gasteiger partial charge in [-0.1, -0.05) is 12.5 Å². The Bertz CT molecular complexity index is 386. The second kappa shape index (κ2) is 4.50. The highest BCUT2D eigenvalue weighted by Crippen LogP contribution is 2.39. The zero-order chi connectivity index (χ0) is 11.7. The zero-order valence-corrected chi connectivity index (χ0v) is 9.69. The highest BCUT2D eigenvalue weighted by Gasteiger charge is 2.31. The minimum Gasteiger partial charge on any atom is -0.313 e. The quantitative estimate of drug-likeness (QED) is 0.832. The van der Waals surface area contributed by atoms with Crippen LogP contribution in [-0.2, 0) is 0 Å². The van der Waals surface area contributed by atoms with Crippen molar-refractivity contribution in [2.75, 3.05) is 7.05 Å². The first kappa shape index (κ1) is 11.5. The lowest BCUT2D eigenvalue weighted by atomic mass is 9.77. The molecule has 0 saturated heterocycles. The van der Waals surface area contributed by atoms with Gasteiger partial charge in [0.15, 0.2) is 0 Å². The fourth-order valence-corrected chi connectivity index (χ4v) is 2.35. The summed E-state index contributed by atoms with van der Waals surface area (Å²) >= 11 is 0. The largest absolute Gasteiger partial charge is 0.313 e. The third-order valence-electron chi connectivity index (χ3n) is 3.56. The van der Waals surface area contributed by atoms with Gasteiger partial charge in [-0.25, -0.2) is 8.78 Å². The van der Waals surface area contributed by atoms with E-state index in [9.17, 15) is 8.78 Å². The van der Waals surface area contributed by atoms with E-state index >= 15 is 0 Å². The zero-order valence-electron chi connectivity index (χ0n) is 9.69. The molecule has 0 aliphatic heterocycles. The Kier molecular flexibility index (Phi) is 3.24. The van der Waals surface area contributed by atoms with Crippen LogP contribution in [0.3, 0.4) is 0 Å². The van der Waals surface area contributed by atoms with Crippen molar-refractivity contribution in [3.8, 4) is 0 Å². The van der Waals surface area contributed by atoms with Gasteiger partial charge >= 0.3 is 0 Å². The van der Waals surface area contributed by atoms with Gasteiger partial charge < -0.3 is 5.32 Å². The minimum absolute atomic E-state index is 0.186. The van der Waals surface area contributed by atoms with E-state index in [4.69, 9.17) is 0 Å². The van der Waals surface area contributed by atoms with E-state index in [0.717, 1.165) is 19.3 Å². The van der Waals surface area contributed by atoms with Crippen molar-refractivity contribution >= 4 is 0 Å². The molecule has 0 aromatic heterocycles. The minimum atomic E-state index is -0.436. The summed E-state index contributed by atoms with van der Waals surface area (Å²) in [5.74, 6) is -0.462. The van der Waals surface area contributed by atoms with Crippen LogP contribution in [0.4, 0.5) is 8.78 Å². The Hall–Kier alpha value is -0.960. The third-order valence-corrected chi connectivity index (χ3v) is 3.56. The molecule has 16 heavy (non-hydrogen) atoms. The van der Waals surface area contributed by atoms with Crippen LogP contribution in [0.15, 0.2) is 12.1 Å². The maximum absolute atomic E-state index is 13.9. The molecule has 1 aliphatic carbocycles. The Morgan fingerprint density at radius 1 is 1.31 bits per heavy atom. The van der Waals surface area contributed by atoms with Gasteiger partial charge in [0.25, 0.3) is 0 Å². The monoisotopic (exact) mass is 225 g/mol. The summed E-state index contributed by atoms with van der Waals surface area (Å²) in [5, 5.41) is 3.05. The molecule has 2 rings (SSSR count). The normalized spacial score (nSPS) is 18.2. The summed E-state index contributed by atoms with van der Waals surface area (Å²) in [6.07, 6.45) is 3.27. The lowest BCUT2D eigenvalue weighted by Crippen LogP contribution is -2.31. The van der Waals surface area contributed by atoms with Crippen LogP contribution in [0.5, 0.6) is 0 Å². The first-order chi connectivity index (χ1) is 7.65. The number of nitrogens with one attached hydrogen (secondary N) is 1. The van der Waals surface area contributed by atoms with Crippen molar-refractivity contribution in [2.24, 2.45) is 5.92 Å². The van der Waals surface area contributed by atoms with Crippen molar-refractivity contribution in [3.63, 3.8) is 0 Å². The smallest absolute Gasteiger partial charge is 0.133 e. The predicted octanol–water partition coefficient (Wildman–Crippen LogP) is 3.33. The van der Waals surface area contributed by atoms with Crippen LogP contribution in [0.25, 0.3) is 0 Å². The van der Waals surface area contributed by atoms with Crippen LogP contribution in [0.1, 0.15) is 36.4 Å². The second-order valence-electron chi connectivity index (χ2n) is 4.55. The summed E-state index contributed by atoms with van der Waals surface area (Å²) < 4.78 is 27.6. The van der Waals surface area contributed by atoms with E-state index in [1.165, 1.54) is 12.1 Å². The summed E-state index contributed by atoms with van der Waals surface area (Å²) in [5.41, 5.74) is 0.725. The highest BCUT2D eigenvalue weighted by atomic mass is 19.1. The summed E-state index contributed by atoms with van der Waals surface area (Å²) in [6.45, 7) is 1.67. The van der Waals surface area contributed by atoms with Crippen LogP contribution < -0.4 is 5.32 Å². The molecule has 1 aliphatic rings. The molecule has 0 spiro atoms. The molecule has 1 N–H and O–H groups in total. The molecule has 1 nitrogen and oxygen atoms in total. The van der Waals surface area contributed by atoms with E-state index in [2.05, 4.69) is 5.32 Å². The maximum Gasteiger partial charge on any atom is 0.133 e. The Labute approximate surface area is 94.9 Å². The predicted molar refractivity (Wildman–Crippen MR) is 60.2 cm³/mol. The van der Waals surface area contributed by atoms with Crippen LogP contribution in [-0.4, -0.2) is 7.05 Å². The maximum atomic E-state index is 13.9. The third kappa shape index (κ3) is 1.84. The van der Waals surface area contributed by atoms with E-state index in [-0.39, 0.29) is 11.6 Å². The number of hydrogen-bond donors (Lipinski definition) is 1. The molecule has 0 radical (unpaired) electrons. The number of benzene rings is 1. The summed E-state index contributed by atoms with van der Waals surface area (Å²) in [6, 6.07) is 2.66. The van der Waals surface area contributed by atoms with E-state index in [0.29, 0.717) is 11.5 Å². The van der Waals surface area contributed by atoms with Crippen LogP contribution in [0, 0.1) is 24.5 Å². The van der Waals surface area contributed by atoms with E-state index in [1.54, 1.807) is 14.0 Å². The Morgan fingerprint density at radius 3 is 2.50 bits per heavy atom. The second-order valence-corrected chi connectivity index (χ2v) is 4.55. The van der Waals surface area contributed by atoms with Crippen molar-refractivity contribution in [1.29, 1.82) is 0 Å². The molecule has 1 atom stereocenters. The molecule has 0 heterocycles. The van der Waals surface area contributed by atoms with Crippen molar-refractivity contribution in [1.82, 2.24) is 5.32 Å². The first-order valence-corrected chi connectivity index (χ1v) is 5.77. The molecule has 1 aromatic carbocycles. The van der Waals surface area contributed by atoms with Gasteiger partial charge in [0.2, 0.25) is 0 Å². The molecule has 1 unspecified atom stereocenters. The van der Waals surface area contributed by atoms with Gasteiger partial charge in [-0.2, -0.15) is 0 Å². The number of halogens is 2. The van der Waals surface area contributed by atoms with Gasteiger partial charge in [0, 0.05) is 11.6 Å². The van der Waals surface area contributed by atoms with Crippen LogP contribution >= 0.6 is 0 Å². The Morgan fingerprint density at radius 2 is 2.00 bits per heavy atom. The molecular formula is C13H17F2N. The van der Waals surface area contributed by atoms with Gasteiger partial charge in [-0.3, -0.25) is 0 Å². The highest BCUT2D eigenvalue weighted by molar-refractivity contribution is 5.30. The average Bonchev–Trinajstić information content (AvgIpc) is 2.20. The summed E-state index contributed by atoms with van der Waals surface area (Å²) in [7, 11) is 1.77. The standard InChI is InChI=1S/C13H17F2N/c1-8-6-7-10(14)11(12(8)15)13(16-2)9-4-3-5-9/h6-7,9,13,16H,3-5H2,1-2H3. The van der Waals surface area contributed by atoms with E-state index < -0.39 is 11.6 Å². The molecule has 1 aromatic rings. The van der Waals surface area contributed by atoms with Gasteiger partial charge in [0.05, 0.1) is 0 Å². The molecule has 0 amide bonds. The SMILES string of the molecule is CNC(c1c(F)ccc(C)c1F)C1CCC1. The lowest BCUT2D eigenvalue weighted by Gasteiger charge is -2.34. The van der Waals surface area contributed by atoms with Crippen LogP contribution in [0.2, 0.25) is 0 Å².